The van der Waals surface area contributed by atoms with Crippen molar-refractivity contribution in [3.8, 4) is 5.75 Å². The Morgan fingerprint density at radius 3 is 2.48 bits per heavy atom. The van der Waals surface area contributed by atoms with Crippen molar-refractivity contribution < 1.29 is 9.53 Å². The Morgan fingerprint density at radius 1 is 1.00 bits per heavy atom. The fourth-order valence-electron chi connectivity index (χ4n) is 3.78. The Labute approximate surface area is 212 Å². The minimum atomic E-state index is 0.0247. The van der Waals surface area contributed by atoms with Crippen LogP contribution in [0.3, 0.4) is 0 Å². The molecule has 0 unspecified atom stereocenters. The monoisotopic (exact) mass is 547 g/mol. The molecule has 0 aliphatic carbocycles. The number of nitrogens with zero attached hydrogens (tertiary/aromatic N) is 3. The average Bonchev–Trinajstić information content (AvgIpc) is 2.82. The zero-order valence-electron chi connectivity index (χ0n) is 18.0. The first kappa shape index (κ1) is 24.0. The van der Waals surface area contributed by atoms with Gasteiger partial charge in [-0.1, -0.05) is 29.3 Å². The third-order valence-electron chi connectivity index (χ3n) is 5.64. The minimum absolute atomic E-state index is 0.0247. The van der Waals surface area contributed by atoms with E-state index in [1.807, 2.05) is 53.7 Å². The van der Waals surface area contributed by atoms with Crippen molar-refractivity contribution in [1.29, 1.82) is 0 Å². The first-order valence-corrected chi connectivity index (χ1v) is 12.3. The van der Waals surface area contributed by atoms with Crippen LogP contribution in [0.5, 0.6) is 5.75 Å². The Bertz CT molecular complexity index is 1110. The van der Waals surface area contributed by atoms with Crippen LogP contribution >= 0.6 is 39.1 Å². The lowest BCUT2D eigenvalue weighted by molar-refractivity contribution is 0.0628. The van der Waals surface area contributed by atoms with Gasteiger partial charge in [-0.2, -0.15) is 0 Å². The Hall–Kier alpha value is -2.12. The van der Waals surface area contributed by atoms with Gasteiger partial charge in [-0.05, 0) is 69.5 Å². The molecule has 1 saturated heterocycles. The minimum Gasteiger partial charge on any atom is -0.492 e. The van der Waals surface area contributed by atoms with Gasteiger partial charge in [0.25, 0.3) is 5.91 Å². The Kier molecular flexibility index (Phi) is 8.25. The van der Waals surface area contributed by atoms with Crippen LogP contribution < -0.4 is 4.74 Å². The van der Waals surface area contributed by atoms with Crippen LogP contribution in [0, 0.1) is 0 Å². The van der Waals surface area contributed by atoms with E-state index in [0.29, 0.717) is 47.5 Å². The summed E-state index contributed by atoms with van der Waals surface area (Å²) in [5.41, 5.74) is 2.83. The van der Waals surface area contributed by atoms with Crippen LogP contribution in [-0.2, 0) is 13.0 Å². The molecule has 1 aromatic heterocycles. The Balaban J connectivity index is 1.32. The van der Waals surface area contributed by atoms with Gasteiger partial charge in [0.2, 0.25) is 0 Å². The maximum absolute atomic E-state index is 13.1. The van der Waals surface area contributed by atoms with E-state index in [9.17, 15) is 4.79 Å². The van der Waals surface area contributed by atoms with Gasteiger partial charge in [0.15, 0.2) is 0 Å². The number of carbonyl (C=O) groups excluding carboxylic acids is 1. The molecule has 0 saturated carbocycles. The van der Waals surface area contributed by atoms with Crippen LogP contribution in [0.2, 0.25) is 10.0 Å². The summed E-state index contributed by atoms with van der Waals surface area (Å²) in [6.07, 6.45) is 4.26. The first-order chi connectivity index (χ1) is 16.0. The second-order valence-corrected chi connectivity index (χ2v) is 9.60. The normalized spacial score (nSPS) is 14.3. The summed E-state index contributed by atoms with van der Waals surface area (Å²) in [4.78, 5) is 21.4. The molecular formula is C25H24BrCl2N3O2. The van der Waals surface area contributed by atoms with E-state index >= 15 is 0 Å². The summed E-state index contributed by atoms with van der Waals surface area (Å²) in [7, 11) is 0. The lowest BCUT2D eigenvalue weighted by Gasteiger charge is -2.34. The van der Waals surface area contributed by atoms with Crippen LogP contribution in [0.25, 0.3) is 0 Å². The smallest absolute Gasteiger partial charge is 0.254 e. The van der Waals surface area contributed by atoms with Crippen molar-refractivity contribution in [2.75, 3.05) is 32.8 Å². The lowest BCUT2D eigenvalue weighted by atomic mass is 10.1. The van der Waals surface area contributed by atoms with E-state index in [1.165, 1.54) is 5.56 Å². The number of pyridine rings is 1. The fourth-order valence-corrected chi connectivity index (χ4v) is 4.64. The molecule has 172 valence electrons. The number of aromatic nitrogens is 1. The van der Waals surface area contributed by atoms with Gasteiger partial charge in [-0.25, -0.2) is 0 Å². The maximum atomic E-state index is 13.1. The average molecular weight is 549 g/mol. The maximum Gasteiger partial charge on any atom is 0.254 e. The number of benzene rings is 2. The highest BCUT2D eigenvalue weighted by Gasteiger charge is 2.23. The van der Waals surface area contributed by atoms with Crippen LogP contribution in [0.1, 0.15) is 21.5 Å². The summed E-state index contributed by atoms with van der Waals surface area (Å²) >= 11 is 15.7. The van der Waals surface area contributed by atoms with Gasteiger partial charge < -0.3 is 9.64 Å². The largest absolute Gasteiger partial charge is 0.492 e. The molecule has 1 fully saturated rings. The summed E-state index contributed by atoms with van der Waals surface area (Å²) in [5.74, 6) is 0.666. The van der Waals surface area contributed by atoms with Gasteiger partial charge in [-0.15, -0.1) is 0 Å². The lowest BCUT2D eigenvalue weighted by Crippen LogP contribution is -2.48. The van der Waals surface area contributed by atoms with Crippen molar-refractivity contribution in [3.63, 3.8) is 0 Å². The molecule has 3 aromatic rings. The van der Waals surface area contributed by atoms with Gasteiger partial charge in [0.05, 0.1) is 11.1 Å². The quantitative estimate of drug-likeness (QED) is 0.378. The molecular weight excluding hydrogens is 525 g/mol. The van der Waals surface area contributed by atoms with Gasteiger partial charge in [-0.3, -0.25) is 14.7 Å². The molecule has 5 nitrogen and oxygen atoms in total. The predicted molar refractivity (Wildman–Crippen MR) is 135 cm³/mol. The number of ether oxygens (including phenoxy) is 1. The second kappa shape index (κ2) is 11.3. The molecule has 0 bridgehead atoms. The summed E-state index contributed by atoms with van der Waals surface area (Å²) in [6, 6.07) is 15.0. The van der Waals surface area contributed by atoms with E-state index in [4.69, 9.17) is 27.9 Å². The van der Waals surface area contributed by atoms with E-state index in [-0.39, 0.29) is 5.91 Å². The molecule has 0 N–H and O–H groups in total. The SMILES string of the molecule is O=C(c1ccc(Br)c(OCCc2ccc(Cl)cc2Cl)c1)N1CCN(Cc2ccncc2)CC1. The molecule has 33 heavy (non-hydrogen) atoms. The third kappa shape index (κ3) is 6.48. The molecule has 4 rings (SSSR count). The molecule has 0 spiro atoms. The molecule has 1 aliphatic rings. The number of rotatable bonds is 7. The van der Waals surface area contributed by atoms with E-state index in [1.54, 1.807) is 12.1 Å². The molecule has 8 heteroatoms. The zero-order chi connectivity index (χ0) is 23.2. The zero-order valence-corrected chi connectivity index (χ0v) is 21.1. The van der Waals surface area contributed by atoms with Gasteiger partial charge in [0, 0.05) is 67.1 Å². The first-order valence-electron chi connectivity index (χ1n) is 10.8. The topological polar surface area (TPSA) is 45.7 Å². The van der Waals surface area contributed by atoms with E-state index in [0.717, 1.165) is 29.7 Å². The highest BCUT2D eigenvalue weighted by Crippen LogP contribution is 2.28. The standard InChI is InChI=1S/C25H24BrCl2N3O2/c26-22-4-2-20(15-24(22)33-14-7-19-1-3-21(27)16-23(19)28)25(32)31-12-10-30(11-13-31)17-18-5-8-29-9-6-18/h1-6,8-9,15-16H,7,10-14,17H2. The molecule has 1 aliphatic heterocycles. The van der Waals surface area contributed by atoms with Crippen LogP contribution in [-0.4, -0.2) is 53.5 Å². The van der Waals surface area contributed by atoms with E-state index in [2.05, 4.69) is 25.8 Å². The predicted octanol–water partition coefficient (Wildman–Crippen LogP) is 5.73. The molecule has 1 amide bonds. The van der Waals surface area contributed by atoms with Gasteiger partial charge >= 0.3 is 0 Å². The van der Waals surface area contributed by atoms with Crippen molar-refractivity contribution >= 4 is 45.0 Å². The number of amides is 1. The second-order valence-electron chi connectivity index (χ2n) is 7.90. The highest BCUT2D eigenvalue weighted by molar-refractivity contribution is 9.10. The number of piperazine rings is 1. The number of hydrogen-bond acceptors (Lipinski definition) is 4. The van der Waals surface area contributed by atoms with Crippen LogP contribution in [0.4, 0.5) is 0 Å². The molecule has 0 atom stereocenters. The highest BCUT2D eigenvalue weighted by atomic mass is 79.9. The fraction of sp³-hybridized carbons (Fsp3) is 0.280. The Morgan fingerprint density at radius 2 is 1.76 bits per heavy atom. The number of carbonyl (C=O) groups is 1. The molecule has 2 aromatic carbocycles. The van der Waals surface area contributed by atoms with Crippen LogP contribution in [0.15, 0.2) is 65.4 Å². The van der Waals surface area contributed by atoms with Crippen molar-refractivity contribution in [2.24, 2.45) is 0 Å². The van der Waals surface area contributed by atoms with Crippen molar-refractivity contribution in [1.82, 2.24) is 14.8 Å². The number of halogens is 3. The van der Waals surface area contributed by atoms with Crippen molar-refractivity contribution in [2.45, 2.75) is 13.0 Å². The number of hydrogen-bond donors (Lipinski definition) is 0. The molecule has 0 radical (unpaired) electrons. The molecule has 2 heterocycles. The summed E-state index contributed by atoms with van der Waals surface area (Å²) in [5, 5.41) is 1.23. The van der Waals surface area contributed by atoms with E-state index < -0.39 is 0 Å². The third-order valence-corrected chi connectivity index (χ3v) is 6.88. The summed E-state index contributed by atoms with van der Waals surface area (Å²) < 4.78 is 6.77. The summed E-state index contributed by atoms with van der Waals surface area (Å²) in [6.45, 7) is 4.39. The van der Waals surface area contributed by atoms with Gasteiger partial charge in [0.1, 0.15) is 5.75 Å². The van der Waals surface area contributed by atoms with Crippen molar-refractivity contribution in [3.05, 3.63) is 92.1 Å².